The maximum Gasteiger partial charge on any atom is 0.251 e. The molecule has 0 aliphatic carbocycles. The Morgan fingerprint density at radius 2 is 2.06 bits per heavy atom. The number of halogens is 1. The summed E-state index contributed by atoms with van der Waals surface area (Å²) >= 11 is 5.64. The van der Waals surface area contributed by atoms with E-state index in [0.29, 0.717) is 18.1 Å². The van der Waals surface area contributed by atoms with Crippen LogP contribution < -0.4 is 10.1 Å². The first kappa shape index (κ1) is 14.8. The summed E-state index contributed by atoms with van der Waals surface area (Å²) in [7, 11) is 0. The van der Waals surface area contributed by atoms with Gasteiger partial charge in [-0.3, -0.25) is 4.79 Å². The molecule has 1 unspecified atom stereocenters. The lowest BCUT2D eigenvalue weighted by Crippen LogP contribution is -2.33. The van der Waals surface area contributed by atoms with Crippen LogP contribution in [0.15, 0.2) is 24.3 Å². The molecule has 0 aliphatic rings. The molecule has 3 nitrogen and oxygen atoms in total. The highest BCUT2D eigenvalue weighted by Crippen LogP contribution is 2.12. The predicted octanol–water partition coefficient (Wildman–Crippen LogP) is 3.22. The van der Waals surface area contributed by atoms with E-state index >= 15 is 0 Å². The maximum absolute atomic E-state index is 11.8. The number of nitrogens with one attached hydrogen (secondary N) is 1. The summed E-state index contributed by atoms with van der Waals surface area (Å²) in [6.07, 6.45) is 2.15. The fourth-order valence-corrected chi connectivity index (χ4v) is 1.46. The van der Waals surface area contributed by atoms with Crippen LogP contribution in [0.5, 0.6) is 5.75 Å². The van der Waals surface area contributed by atoms with Crippen molar-refractivity contribution in [1.29, 1.82) is 0 Å². The Labute approximate surface area is 113 Å². The second-order valence-electron chi connectivity index (χ2n) is 4.26. The van der Waals surface area contributed by atoms with Gasteiger partial charge in [0.2, 0.25) is 0 Å². The van der Waals surface area contributed by atoms with Crippen LogP contribution in [-0.2, 0) is 0 Å². The Kier molecular flexibility index (Phi) is 6.58. The number of alkyl halides is 1. The Bertz CT molecular complexity index is 365. The van der Waals surface area contributed by atoms with Crippen LogP contribution in [0.25, 0.3) is 0 Å². The molecule has 0 aliphatic heterocycles. The predicted molar refractivity (Wildman–Crippen MR) is 74.5 cm³/mol. The average Bonchev–Trinajstić information content (AvgIpc) is 2.39. The molecule has 1 aromatic carbocycles. The monoisotopic (exact) mass is 269 g/mol. The lowest BCUT2D eigenvalue weighted by atomic mass is 10.2. The normalized spacial score (nSPS) is 11.9. The minimum Gasteiger partial charge on any atom is -0.494 e. The number of hydrogen-bond donors (Lipinski definition) is 1. The van der Waals surface area contributed by atoms with E-state index in [2.05, 4.69) is 12.2 Å². The van der Waals surface area contributed by atoms with Crippen LogP contribution in [0.4, 0.5) is 0 Å². The smallest absolute Gasteiger partial charge is 0.251 e. The third-order valence-electron chi connectivity index (χ3n) is 2.49. The molecule has 0 fully saturated rings. The van der Waals surface area contributed by atoms with Crippen LogP contribution in [-0.4, -0.2) is 24.4 Å². The summed E-state index contributed by atoms with van der Waals surface area (Å²) in [4.78, 5) is 11.8. The molecule has 100 valence electrons. The van der Waals surface area contributed by atoms with Gasteiger partial charge in [-0.25, -0.2) is 0 Å². The number of benzene rings is 1. The van der Waals surface area contributed by atoms with Crippen molar-refractivity contribution in [3.05, 3.63) is 29.8 Å². The molecule has 1 aromatic rings. The molecule has 0 radical (unpaired) electrons. The van der Waals surface area contributed by atoms with E-state index in [4.69, 9.17) is 16.3 Å². The van der Waals surface area contributed by atoms with Gasteiger partial charge in [-0.05, 0) is 37.6 Å². The van der Waals surface area contributed by atoms with E-state index in [1.165, 1.54) is 0 Å². The van der Waals surface area contributed by atoms with Crippen molar-refractivity contribution in [2.75, 3.05) is 12.5 Å². The largest absolute Gasteiger partial charge is 0.494 e. The van der Waals surface area contributed by atoms with Gasteiger partial charge in [-0.15, -0.1) is 11.6 Å². The highest BCUT2D eigenvalue weighted by molar-refractivity contribution is 6.18. The lowest BCUT2D eigenvalue weighted by molar-refractivity contribution is 0.0943. The maximum atomic E-state index is 11.8. The fourth-order valence-electron chi connectivity index (χ4n) is 1.38. The molecular weight excluding hydrogens is 250 g/mol. The zero-order chi connectivity index (χ0) is 13.4. The summed E-state index contributed by atoms with van der Waals surface area (Å²) in [5.74, 6) is 1.10. The first-order valence-corrected chi connectivity index (χ1v) is 6.80. The van der Waals surface area contributed by atoms with Crippen LogP contribution in [0, 0.1) is 0 Å². The zero-order valence-corrected chi connectivity index (χ0v) is 11.7. The Morgan fingerprint density at radius 1 is 1.39 bits per heavy atom. The highest BCUT2D eigenvalue weighted by atomic mass is 35.5. The van der Waals surface area contributed by atoms with Crippen molar-refractivity contribution in [3.63, 3.8) is 0 Å². The van der Waals surface area contributed by atoms with Gasteiger partial charge in [0.05, 0.1) is 6.61 Å². The Balaban J connectivity index is 2.51. The quantitative estimate of drug-likeness (QED) is 0.610. The van der Waals surface area contributed by atoms with Gasteiger partial charge in [-0.1, -0.05) is 13.3 Å². The summed E-state index contributed by atoms with van der Waals surface area (Å²) < 4.78 is 5.53. The second-order valence-corrected chi connectivity index (χ2v) is 4.56. The van der Waals surface area contributed by atoms with Gasteiger partial charge < -0.3 is 10.1 Å². The second kappa shape index (κ2) is 7.98. The van der Waals surface area contributed by atoms with Crippen molar-refractivity contribution in [2.24, 2.45) is 0 Å². The lowest BCUT2D eigenvalue weighted by Gasteiger charge is -2.11. The molecule has 1 rings (SSSR count). The molecule has 0 heterocycles. The SMILES string of the molecule is CCCCOc1ccc(C(=O)NC(C)CCl)cc1. The number of hydrogen-bond acceptors (Lipinski definition) is 2. The number of carbonyl (C=O) groups excluding carboxylic acids is 1. The molecule has 1 amide bonds. The van der Waals surface area contributed by atoms with Crippen molar-refractivity contribution in [1.82, 2.24) is 5.32 Å². The number of carbonyl (C=O) groups is 1. The molecule has 4 heteroatoms. The first-order chi connectivity index (χ1) is 8.67. The third-order valence-corrected chi connectivity index (χ3v) is 2.95. The average molecular weight is 270 g/mol. The van der Waals surface area contributed by atoms with Crippen LogP contribution in [0.3, 0.4) is 0 Å². The van der Waals surface area contributed by atoms with E-state index < -0.39 is 0 Å². The fraction of sp³-hybridized carbons (Fsp3) is 0.500. The molecule has 0 saturated carbocycles. The third kappa shape index (κ3) is 4.96. The van der Waals surface area contributed by atoms with Crippen LogP contribution in [0.1, 0.15) is 37.0 Å². The molecule has 0 spiro atoms. The van der Waals surface area contributed by atoms with Gasteiger partial charge in [0.15, 0.2) is 0 Å². The number of unbranched alkanes of at least 4 members (excludes halogenated alkanes) is 1. The number of amides is 1. The standard InChI is InChI=1S/C14H20ClNO2/c1-3-4-9-18-13-7-5-12(6-8-13)14(17)16-11(2)10-15/h5-8,11H,3-4,9-10H2,1-2H3,(H,16,17). The summed E-state index contributed by atoms with van der Waals surface area (Å²) in [6.45, 7) is 4.70. The first-order valence-electron chi connectivity index (χ1n) is 6.27. The molecular formula is C14H20ClNO2. The van der Waals surface area contributed by atoms with Crippen LogP contribution >= 0.6 is 11.6 Å². The van der Waals surface area contributed by atoms with Crippen molar-refractivity contribution >= 4 is 17.5 Å². The molecule has 1 atom stereocenters. The summed E-state index contributed by atoms with van der Waals surface area (Å²) in [6, 6.07) is 7.13. The van der Waals surface area contributed by atoms with Crippen molar-refractivity contribution in [2.45, 2.75) is 32.7 Å². The minimum atomic E-state index is -0.108. The summed E-state index contributed by atoms with van der Waals surface area (Å²) in [5.41, 5.74) is 0.620. The summed E-state index contributed by atoms with van der Waals surface area (Å²) in [5, 5.41) is 2.81. The van der Waals surface area contributed by atoms with Crippen LogP contribution in [0.2, 0.25) is 0 Å². The topological polar surface area (TPSA) is 38.3 Å². The molecule has 0 aromatic heterocycles. The van der Waals surface area contributed by atoms with Gasteiger partial charge in [-0.2, -0.15) is 0 Å². The Morgan fingerprint density at radius 3 is 2.61 bits per heavy atom. The van der Waals surface area contributed by atoms with E-state index in [1.54, 1.807) is 12.1 Å². The zero-order valence-electron chi connectivity index (χ0n) is 10.9. The van der Waals surface area contributed by atoms with Crippen molar-refractivity contribution in [3.8, 4) is 5.75 Å². The van der Waals surface area contributed by atoms with Crippen molar-refractivity contribution < 1.29 is 9.53 Å². The molecule has 0 bridgehead atoms. The number of ether oxygens (including phenoxy) is 1. The highest BCUT2D eigenvalue weighted by Gasteiger charge is 2.08. The van der Waals surface area contributed by atoms with Gasteiger partial charge in [0.1, 0.15) is 5.75 Å². The van der Waals surface area contributed by atoms with E-state index in [-0.39, 0.29) is 11.9 Å². The minimum absolute atomic E-state index is 0.0281. The van der Waals surface area contributed by atoms with Gasteiger partial charge in [0, 0.05) is 17.5 Å². The molecule has 18 heavy (non-hydrogen) atoms. The van der Waals surface area contributed by atoms with Gasteiger partial charge in [0.25, 0.3) is 5.91 Å². The van der Waals surface area contributed by atoms with E-state index in [1.807, 2.05) is 19.1 Å². The molecule has 1 N–H and O–H groups in total. The van der Waals surface area contributed by atoms with Gasteiger partial charge >= 0.3 is 0 Å². The number of rotatable bonds is 7. The molecule has 0 saturated heterocycles. The Hall–Kier alpha value is -1.22. The van der Waals surface area contributed by atoms with E-state index in [9.17, 15) is 4.79 Å². The van der Waals surface area contributed by atoms with E-state index in [0.717, 1.165) is 18.6 Å².